The number of benzene rings is 2. The van der Waals surface area contributed by atoms with E-state index in [1.165, 1.54) is 18.4 Å². The van der Waals surface area contributed by atoms with Gasteiger partial charge in [-0.2, -0.15) is 5.26 Å². The number of fused-ring (bicyclic) bond motifs is 4. The number of phenols is 1. The topological polar surface area (TPSA) is 132 Å². The number of nitriles is 1. The molecule has 0 amide bonds. The van der Waals surface area contributed by atoms with Crippen LogP contribution in [0.3, 0.4) is 0 Å². The number of nitrogens with zero attached hydrogens (tertiary/aromatic N) is 4. The van der Waals surface area contributed by atoms with Crippen LogP contribution in [0, 0.1) is 17.4 Å². The van der Waals surface area contributed by atoms with Crippen LogP contribution in [0.2, 0.25) is 0 Å². The van der Waals surface area contributed by atoms with Crippen LogP contribution in [0.25, 0.3) is 10.9 Å². The maximum atomic E-state index is 13.0. The lowest BCUT2D eigenvalue weighted by molar-refractivity contribution is -0.173. The van der Waals surface area contributed by atoms with Crippen molar-refractivity contribution in [1.82, 2.24) is 20.1 Å². The highest BCUT2D eigenvalue weighted by molar-refractivity contribution is 5.97. The number of anilines is 1. The van der Waals surface area contributed by atoms with E-state index in [0.717, 1.165) is 78.2 Å². The fourth-order valence-electron chi connectivity index (χ4n) is 8.59. The van der Waals surface area contributed by atoms with Crippen molar-refractivity contribution < 1.29 is 14.9 Å². The number of aromatic hydroxyl groups is 1. The summed E-state index contributed by atoms with van der Waals surface area (Å²) in [7, 11) is 4.06. The molecule has 3 aromatic rings. The SMILES string of the molecule is CN(C)CCCN=C(NC#N)Nc1ccc2c3c([nH]c2c1)[C@@H]1Oc2c(O)ccc4c2[C@@]12CCN(CC1CC1)C(C4)[C@]2(O)C3. The summed E-state index contributed by atoms with van der Waals surface area (Å²) in [6, 6.07) is 9.90. The molecule has 10 nitrogen and oxygen atoms in total. The number of nitrogens with one attached hydrogen (secondary N) is 3. The first-order valence-electron chi connectivity index (χ1n) is 15.6. The molecule has 2 fully saturated rings. The van der Waals surface area contributed by atoms with E-state index >= 15 is 0 Å². The average molecular weight is 582 g/mol. The van der Waals surface area contributed by atoms with Gasteiger partial charge in [0.25, 0.3) is 0 Å². The molecule has 2 aromatic carbocycles. The molecule has 43 heavy (non-hydrogen) atoms. The van der Waals surface area contributed by atoms with Gasteiger partial charge in [-0.05, 0) is 94.5 Å². The van der Waals surface area contributed by atoms with Crippen molar-refractivity contribution in [3.05, 3.63) is 52.7 Å². The summed E-state index contributed by atoms with van der Waals surface area (Å²) in [5.74, 6) is 1.84. The quantitative estimate of drug-likeness (QED) is 0.0944. The number of aliphatic hydroxyl groups is 1. The molecule has 2 bridgehead atoms. The maximum absolute atomic E-state index is 13.0. The van der Waals surface area contributed by atoms with Crippen LogP contribution < -0.4 is 15.4 Å². The Morgan fingerprint density at radius 1 is 1.28 bits per heavy atom. The molecular formula is C33H39N7O3. The van der Waals surface area contributed by atoms with E-state index in [2.05, 4.69) is 36.5 Å². The van der Waals surface area contributed by atoms with E-state index in [9.17, 15) is 15.5 Å². The van der Waals surface area contributed by atoms with Crippen molar-refractivity contribution in [2.45, 2.75) is 61.7 Å². The van der Waals surface area contributed by atoms with Gasteiger partial charge in [-0.1, -0.05) is 12.1 Å². The normalized spacial score (nSPS) is 28.8. The zero-order chi connectivity index (χ0) is 29.5. The van der Waals surface area contributed by atoms with Gasteiger partial charge in [-0.3, -0.25) is 15.2 Å². The third kappa shape index (κ3) is 3.91. The summed E-state index contributed by atoms with van der Waals surface area (Å²) in [5.41, 5.74) is 4.40. The summed E-state index contributed by atoms with van der Waals surface area (Å²) < 4.78 is 6.71. The number of guanidine groups is 1. The Bertz CT molecular complexity index is 1690. The highest BCUT2D eigenvalue weighted by Crippen LogP contribution is 2.69. The molecule has 3 heterocycles. The Labute approximate surface area is 251 Å². The molecule has 1 aromatic heterocycles. The molecule has 1 unspecified atom stereocenters. The number of ether oxygens (including phenoxy) is 1. The summed E-state index contributed by atoms with van der Waals surface area (Å²) in [6.45, 7) is 3.48. The van der Waals surface area contributed by atoms with Gasteiger partial charge in [-0.15, -0.1) is 0 Å². The van der Waals surface area contributed by atoms with Crippen LogP contribution in [0.4, 0.5) is 5.69 Å². The maximum Gasteiger partial charge on any atom is 0.209 e. The molecular weight excluding hydrogens is 542 g/mol. The number of phenolic OH excluding ortho intramolecular Hbond substituents is 1. The summed E-state index contributed by atoms with van der Waals surface area (Å²) in [5, 5.41) is 40.3. The molecule has 1 saturated carbocycles. The Balaban J connectivity index is 1.18. The second-order valence-electron chi connectivity index (χ2n) is 13.5. The summed E-state index contributed by atoms with van der Waals surface area (Å²) >= 11 is 0. The predicted octanol–water partition coefficient (Wildman–Crippen LogP) is 3.36. The zero-order valence-corrected chi connectivity index (χ0v) is 24.8. The third-order valence-corrected chi connectivity index (χ3v) is 10.6. The molecule has 224 valence electrons. The van der Waals surface area contributed by atoms with E-state index in [0.29, 0.717) is 24.7 Å². The second-order valence-corrected chi connectivity index (χ2v) is 13.5. The van der Waals surface area contributed by atoms with Gasteiger partial charge < -0.3 is 30.2 Å². The largest absolute Gasteiger partial charge is 0.504 e. The Hall–Kier alpha value is -3.78. The number of aromatic amines is 1. The Morgan fingerprint density at radius 2 is 2.14 bits per heavy atom. The number of hydrogen-bond donors (Lipinski definition) is 5. The molecule has 1 spiro atoms. The van der Waals surface area contributed by atoms with Gasteiger partial charge in [0.1, 0.15) is 0 Å². The average Bonchev–Trinajstić information content (AvgIpc) is 3.62. The Kier molecular flexibility index (Phi) is 5.99. The minimum Gasteiger partial charge on any atom is -0.504 e. The van der Waals surface area contributed by atoms with Crippen LogP contribution in [-0.4, -0.2) is 82.9 Å². The first kappa shape index (κ1) is 26.8. The second kappa shape index (κ2) is 9.61. The van der Waals surface area contributed by atoms with Gasteiger partial charge in [-0.25, -0.2) is 0 Å². The number of H-pyrrole nitrogens is 1. The van der Waals surface area contributed by atoms with Crippen LogP contribution in [0.5, 0.6) is 11.5 Å². The van der Waals surface area contributed by atoms with Crippen molar-refractivity contribution >= 4 is 22.5 Å². The third-order valence-electron chi connectivity index (χ3n) is 10.6. The lowest BCUT2D eigenvalue weighted by Gasteiger charge is -2.62. The monoisotopic (exact) mass is 581 g/mol. The van der Waals surface area contributed by atoms with Gasteiger partial charge in [0, 0.05) is 47.7 Å². The van der Waals surface area contributed by atoms with E-state index in [1.807, 2.05) is 38.5 Å². The molecule has 5 N–H and O–H groups in total. The number of aromatic nitrogens is 1. The van der Waals surface area contributed by atoms with E-state index in [4.69, 9.17) is 4.74 Å². The number of hydrogen-bond acceptors (Lipinski definition) is 7. The van der Waals surface area contributed by atoms with Gasteiger partial charge in [0.2, 0.25) is 5.96 Å². The first-order chi connectivity index (χ1) is 20.8. The smallest absolute Gasteiger partial charge is 0.209 e. The zero-order valence-electron chi connectivity index (χ0n) is 24.8. The van der Waals surface area contributed by atoms with Crippen LogP contribution >= 0.6 is 0 Å². The number of piperidine rings is 1. The van der Waals surface area contributed by atoms with Crippen LogP contribution in [-0.2, 0) is 18.3 Å². The minimum absolute atomic E-state index is 0.00157. The van der Waals surface area contributed by atoms with Crippen molar-refractivity contribution in [3.8, 4) is 17.7 Å². The van der Waals surface area contributed by atoms with E-state index < -0.39 is 17.1 Å². The van der Waals surface area contributed by atoms with Crippen molar-refractivity contribution in [2.24, 2.45) is 10.9 Å². The lowest BCUT2D eigenvalue weighted by atomic mass is 9.49. The van der Waals surface area contributed by atoms with Crippen LogP contribution in [0.1, 0.15) is 54.2 Å². The predicted molar refractivity (Wildman–Crippen MR) is 164 cm³/mol. The van der Waals surface area contributed by atoms with E-state index in [-0.39, 0.29) is 11.8 Å². The van der Waals surface area contributed by atoms with Gasteiger partial charge in [0.15, 0.2) is 23.8 Å². The molecule has 5 aliphatic rings. The molecule has 2 aliphatic heterocycles. The number of rotatable bonds is 7. The van der Waals surface area contributed by atoms with Gasteiger partial charge in [0.05, 0.1) is 16.7 Å². The fraction of sp³-hybridized carbons (Fsp3) is 0.515. The molecule has 1 saturated heterocycles. The van der Waals surface area contributed by atoms with Gasteiger partial charge >= 0.3 is 0 Å². The molecule has 10 heteroatoms. The number of aliphatic imine (C=N–C) groups is 1. The molecule has 8 rings (SSSR count). The number of likely N-dealkylation sites (tertiary alicyclic amines) is 1. The summed E-state index contributed by atoms with van der Waals surface area (Å²) in [4.78, 5) is 12.9. The lowest BCUT2D eigenvalue weighted by Crippen LogP contribution is -2.74. The van der Waals surface area contributed by atoms with Crippen molar-refractivity contribution in [2.75, 3.05) is 45.6 Å². The van der Waals surface area contributed by atoms with Crippen LogP contribution in [0.15, 0.2) is 35.3 Å². The van der Waals surface area contributed by atoms with E-state index in [1.54, 1.807) is 6.07 Å². The molecule has 4 atom stereocenters. The highest BCUT2D eigenvalue weighted by Gasteiger charge is 2.72. The Morgan fingerprint density at radius 3 is 2.93 bits per heavy atom. The molecule has 3 aliphatic carbocycles. The van der Waals surface area contributed by atoms with Crippen molar-refractivity contribution in [1.29, 1.82) is 5.26 Å². The fourth-order valence-corrected chi connectivity index (χ4v) is 8.59. The minimum atomic E-state index is -1.01. The highest BCUT2D eigenvalue weighted by atomic mass is 16.5. The standard InChI is InChI=1S/C33H39N7O3/c1-39(2)12-3-11-35-31(36-18-34)37-21-7-8-22-23-16-33(42)26-14-20-6-9-25(41)29-27(20)32(33,10-13-40(26)17-19-4-5-19)30(43-29)28(23)38-24(22)15-21/h6-9,15,19,26,30,38,41-42H,3-5,10-14,16-17H2,1-2H3,(H2,35,36,37)/t26?,30-,32-,33+/m0/s1. The first-order valence-corrected chi connectivity index (χ1v) is 15.6. The molecule has 0 radical (unpaired) electrons. The van der Waals surface area contributed by atoms with Crippen molar-refractivity contribution in [3.63, 3.8) is 0 Å². The summed E-state index contributed by atoms with van der Waals surface area (Å²) in [6.07, 6.45) is 7.10.